The van der Waals surface area contributed by atoms with E-state index in [0.717, 1.165) is 12.6 Å². The first-order chi connectivity index (χ1) is 6.90. The second-order valence-electron chi connectivity index (χ2n) is 3.86. The number of benzene rings is 1. The fraction of sp³-hybridized carbons (Fsp3) is 0.500. The van der Waals surface area contributed by atoms with Crippen molar-refractivity contribution in [1.29, 1.82) is 0 Å². The Kier molecular flexibility index (Phi) is 3.17. The predicted octanol–water partition coefficient (Wildman–Crippen LogP) is 2.08. The van der Waals surface area contributed by atoms with E-state index in [1.807, 2.05) is 0 Å². The van der Waals surface area contributed by atoms with E-state index < -0.39 is 0 Å². The monoisotopic (exact) mass is 191 g/mol. The number of nitrogens with one attached hydrogen (secondary N) is 1. The van der Waals surface area contributed by atoms with Crippen molar-refractivity contribution in [2.24, 2.45) is 0 Å². The number of methoxy groups -OCH3 is 1. The molecule has 0 aromatic heterocycles. The Morgan fingerprint density at radius 3 is 2.64 bits per heavy atom. The number of ether oxygens (including phenoxy) is 1. The summed E-state index contributed by atoms with van der Waals surface area (Å²) in [5, 5.41) is 3.52. The second kappa shape index (κ2) is 4.58. The van der Waals surface area contributed by atoms with Gasteiger partial charge in [0.05, 0.1) is 6.61 Å². The van der Waals surface area contributed by atoms with Crippen molar-refractivity contribution in [3.63, 3.8) is 0 Å². The van der Waals surface area contributed by atoms with Crippen LogP contribution in [-0.4, -0.2) is 13.2 Å². The summed E-state index contributed by atoms with van der Waals surface area (Å²) in [7, 11) is 1.74. The highest BCUT2D eigenvalue weighted by Gasteiger charge is 2.20. The summed E-state index contributed by atoms with van der Waals surface area (Å²) >= 11 is 0. The van der Waals surface area contributed by atoms with Gasteiger partial charge in [0.2, 0.25) is 0 Å². The minimum atomic E-state index is 0.711. The van der Waals surface area contributed by atoms with Gasteiger partial charge in [-0.1, -0.05) is 24.3 Å². The third kappa shape index (κ3) is 2.56. The minimum absolute atomic E-state index is 0.711. The third-order valence-electron chi connectivity index (χ3n) is 2.58. The van der Waals surface area contributed by atoms with Crippen molar-refractivity contribution >= 4 is 0 Å². The van der Waals surface area contributed by atoms with Gasteiger partial charge in [-0.3, -0.25) is 0 Å². The summed E-state index contributed by atoms with van der Waals surface area (Å²) in [5.74, 6) is 0. The maximum Gasteiger partial charge on any atom is 0.0716 e. The highest BCUT2D eigenvalue weighted by atomic mass is 16.5. The molecule has 1 aromatic rings. The van der Waals surface area contributed by atoms with Crippen molar-refractivity contribution in [3.8, 4) is 0 Å². The second-order valence-corrected chi connectivity index (χ2v) is 3.86. The summed E-state index contributed by atoms with van der Waals surface area (Å²) < 4.78 is 5.16. The van der Waals surface area contributed by atoms with Gasteiger partial charge >= 0.3 is 0 Å². The first kappa shape index (κ1) is 9.69. The Bertz CT molecular complexity index is 294. The Morgan fingerprint density at radius 1 is 1.29 bits per heavy atom. The van der Waals surface area contributed by atoms with E-state index in [0.29, 0.717) is 6.61 Å². The van der Waals surface area contributed by atoms with Crippen LogP contribution in [0.2, 0.25) is 0 Å². The summed E-state index contributed by atoms with van der Waals surface area (Å²) in [6, 6.07) is 9.22. The van der Waals surface area contributed by atoms with Gasteiger partial charge in [-0.05, 0) is 24.0 Å². The quantitative estimate of drug-likeness (QED) is 0.769. The molecule has 0 radical (unpaired) electrons. The molecular weight excluding hydrogens is 174 g/mol. The molecule has 2 nitrogen and oxygen atoms in total. The molecule has 0 bridgehead atoms. The Labute approximate surface area is 85.3 Å². The fourth-order valence-corrected chi connectivity index (χ4v) is 1.57. The minimum Gasteiger partial charge on any atom is -0.380 e. The zero-order valence-electron chi connectivity index (χ0n) is 8.62. The maximum absolute atomic E-state index is 5.16. The van der Waals surface area contributed by atoms with Crippen LogP contribution in [0, 0.1) is 0 Å². The molecule has 0 aliphatic heterocycles. The molecule has 0 spiro atoms. The highest BCUT2D eigenvalue weighted by molar-refractivity contribution is 5.26. The predicted molar refractivity (Wildman–Crippen MR) is 57.0 cm³/mol. The van der Waals surface area contributed by atoms with Gasteiger partial charge in [0.25, 0.3) is 0 Å². The molecule has 0 unspecified atom stereocenters. The maximum atomic E-state index is 5.16. The van der Waals surface area contributed by atoms with Gasteiger partial charge in [0, 0.05) is 19.7 Å². The topological polar surface area (TPSA) is 21.3 Å². The lowest BCUT2D eigenvalue weighted by Gasteiger charge is -2.09. The van der Waals surface area contributed by atoms with Crippen LogP contribution in [0.15, 0.2) is 24.3 Å². The molecule has 2 rings (SSSR count). The Balaban J connectivity index is 1.97. The van der Waals surface area contributed by atoms with E-state index in [-0.39, 0.29) is 0 Å². The van der Waals surface area contributed by atoms with Crippen LogP contribution in [0.5, 0.6) is 0 Å². The lowest BCUT2D eigenvalue weighted by atomic mass is 10.1. The van der Waals surface area contributed by atoms with E-state index in [2.05, 4.69) is 29.6 Å². The van der Waals surface area contributed by atoms with Crippen molar-refractivity contribution in [3.05, 3.63) is 35.4 Å². The van der Waals surface area contributed by atoms with Crippen LogP contribution < -0.4 is 5.32 Å². The summed E-state index contributed by atoms with van der Waals surface area (Å²) in [4.78, 5) is 0. The molecule has 1 fully saturated rings. The van der Waals surface area contributed by atoms with Crippen LogP contribution >= 0.6 is 0 Å². The number of hydrogen-bond donors (Lipinski definition) is 1. The molecule has 0 atom stereocenters. The molecule has 1 saturated carbocycles. The van der Waals surface area contributed by atoms with Crippen LogP contribution in [0.4, 0.5) is 0 Å². The normalized spacial score (nSPS) is 15.8. The molecule has 0 heterocycles. The third-order valence-corrected chi connectivity index (χ3v) is 2.58. The zero-order chi connectivity index (χ0) is 9.80. The first-order valence-electron chi connectivity index (χ1n) is 5.19. The van der Waals surface area contributed by atoms with Crippen molar-refractivity contribution in [2.45, 2.75) is 32.0 Å². The summed E-state index contributed by atoms with van der Waals surface area (Å²) in [5.41, 5.74) is 2.66. The summed E-state index contributed by atoms with van der Waals surface area (Å²) in [6.45, 7) is 1.69. The van der Waals surface area contributed by atoms with Gasteiger partial charge in [0.1, 0.15) is 0 Å². The average molecular weight is 191 g/mol. The molecule has 0 saturated heterocycles. The van der Waals surface area contributed by atoms with E-state index in [4.69, 9.17) is 4.74 Å². The molecule has 2 heteroatoms. The van der Waals surface area contributed by atoms with E-state index in [9.17, 15) is 0 Å². The van der Waals surface area contributed by atoms with E-state index in [1.165, 1.54) is 24.0 Å². The highest BCUT2D eigenvalue weighted by Crippen LogP contribution is 2.20. The molecule has 14 heavy (non-hydrogen) atoms. The number of hydrogen-bond acceptors (Lipinski definition) is 2. The lowest BCUT2D eigenvalue weighted by molar-refractivity contribution is 0.184. The molecule has 1 aliphatic rings. The molecule has 1 N–H and O–H groups in total. The molecule has 1 aliphatic carbocycles. The Hall–Kier alpha value is -0.860. The first-order valence-corrected chi connectivity index (χ1v) is 5.19. The van der Waals surface area contributed by atoms with E-state index >= 15 is 0 Å². The van der Waals surface area contributed by atoms with Gasteiger partial charge in [-0.15, -0.1) is 0 Å². The standard InChI is InChI=1S/C12H17NO/c1-14-9-11-5-3-2-4-10(11)8-13-12-6-7-12/h2-5,12-13H,6-9H2,1H3. The van der Waals surface area contributed by atoms with Crippen molar-refractivity contribution in [2.75, 3.05) is 7.11 Å². The van der Waals surface area contributed by atoms with Crippen LogP contribution in [0.25, 0.3) is 0 Å². The van der Waals surface area contributed by atoms with Gasteiger partial charge < -0.3 is 10.1 Å². The Morgan fingerprint density at radius 2 is 2.00 bits per heavy atom. The molecule has 0 amide bonds. The average Bonchev–Trinajstić information content (AvgIpc) is 3.01. The number of rotatable bonds is 5. The molecule has 1 aromatic carbocycles. The van der Waals surface area contributed by atoms with Crippen LogP contribution in [0.1, 0.15) is 24.0 Å². The van der Waals surface area contributed by atoms with Crippen molar-refractivity contribution < 1.29 is 4.74 Å². The van der Waals surface area contributed by atoms with E-state index in [1.54, 1.807) is 7.11 Å². The lowest BCUT2D eigenvalue weighted by Crippen LogP contribution is -2.16. The molecular formula is C12H17NO. The zero-order valence-corrected chi connectivity index (χ0v) is 8.62. The smallest absolute Gasteiger partial charge is 0.0716 e. The van der Waals surface area contributed by atoms with Gasteiger partial charge in [-0.2, -0.15) is 0 Å². The summed E-state index contributed by atoms with van der Waals surface area (Å²) in [6.07, 6.45) is 2.68. The van der Waals surface area contributed by atoms with Crippen LogP contribution in [-0.2, 0) is 17.9 Å². The van der Waals surface area contributed by atoms with Gasteiger partial charge in [-0.25, -0.2) is 0 Å². The van der Waals surface area contributed by atoms with Crippen LogP contribution in [0.3, 0.4) is 0 Å². The fourth-order valence-electron chi connectivity index (χ4n) is 1.57. The van der Waals surface area contributed by atoms with Crippen molar-refractivity contribution in [1.82, 2.24) is 5.32 Å². The largest absolute Gasteiger partial charge is 0.380 e. The SMILES string of the molecule is COCc1ccccc1CNC1CC1. The molecule has 76 valence electrons. The van der Waals surface area contributed by atoms with Gasteiger partial charge in [0.15, 0.2) is 0 Å².